The molecule has 0 bridgehead atoms. The number of nitrogens with one attached hydrogen (secondary N) is 1. The van der Waals surface area contributed by atoms with Gasteiger partial charge in [0.2, 0.25) is 0 Å². The lowest BCUT2D eigenvalue weighted by Gasteiger charge is -2.19. The lowest BCUT2D eigenvalue weighted by atomic mass is 9.96. The molecule has 0 heterocycles. The molecule has 2 rings (SSSR count). The van der Waals surface area contributed by atoms with Crippen LogP contribution in [0.5, 0.6) is 0 Å². The fourth-order valence-electron chi connectivity index (χ4n) is 2.63. The molecule has 1 atom stereocenters. The Morgan fingerprint density at radius 3 is 2.48 bits per heavy atom. The molecule has 0 aliphatic carbocycles. The zero-order valence-electron chi connectivity index (χ0n) is 13.8. The molecule has 122 valence electrons. The van der Waals surface area contributed by atoms with Gasteiger partial charge in [0, 0.05) is 11.5 Å². The highest BCUT2D eigenvalue weighted by molar-refractivity contribution is 5.91. The van der Waals surface area contributed by atoms with Crippen molar-refractivity contribution < 1.29 is 14.5 Å². The molecule has 2 aromatic carbocycles. The summed E-state index contributed by atoms with van der Waals surface area (Å²) in [5, 5.41) is 4.64. The van der Waals surface area contributed by atoms with Crippen LogP contribution in [0.4, 0.5) is 10.1 Å². The minimum atomic E-state index is -0.401. The number of carbonyl (C=O) groups is 1. The molecule has 23 heavy (non-hydrogen) atoms. The Kier molecular flexibility index (Phi) is 5.88. The second-order valence-electron chi connectivity index (χ2n) is 6.15. The third kappa shape index (κ3) is 4.89. The van der Waals surface area contributed by atoms with E-state index in [2.05, 4.69) is 31.3 Å². The standard InChI is InChI=1S/C19H23FN2O/c1-13(2)19(15-7-5-4-6-8-15)21-12-18(23)22-17-10-9-14(3)11-16(17)20/h4-11,13,19,21H,12H2,1-3H3,(H,22,23)/p+1/t19-/m0/s1. The number of quaternary nitrogens is 1. The van der Waals surface area contributed by atoms with Gasteiger partial charge in [-0.1, -0.05) is 50.2 Å². The van der Waals surface area contributed by atoms with Crippen LogP contribution in [0.15, 0.2) is 48.5 Å². The number of benzene rings is 2. The summed E-state index contributed by atoms with van der Waals surface area (Å²) in [6.07, 6.45) is 0. The molecule has 0 radical (unpaired) electrons. The van der Waals surface area contributed by atoms with Gasteiger partial charge in [-0.25, -0.2) is 4.39 Å². The topological polar surface area (TPSA) is 45.7 Å². The van der Waals surface area contributed by atoms with Gasteiger partial charge < -0.3 is 10.6 Å². The summed E-state index contributed by atoms with van der Waals surface area (Å²) >= 11 is 0. The van der Waals surface area contributed by atoms with Crippen LogP contribution in [0.3, 0.4) is 0 Å². The minimum absolute atomic E-state index is 0.199. The van der Waals surface area contributed by atoms with E-state index in [4.69, 9.17) is 0 Å². The summed E-state index contributed by atoms with van der Waals surface area (Å²) in [5.41, 5.74) is 2.25. The summed E-state index contributed by atoms with van der Waals surface area (Å²) in [7, 11) is 0. The van der Waals surface area contributed by atoms with Crippen LogP contribution in [-0.2, 0) is 4.79 Å². The first-order valence-electron chi connectivity index (χ1n) is 7.91. The molecule has 1 amide bonds. The molecule has 4 heteroatoms. The molecular formula is C19H24FN2O+. The quantitative estimate of drug-likeness (QED) is 0.845. The molecule has 0 aliphatic heterocycles. The maximum Gasteiger partial charge on any atom is 0.279 e. The first-order valence-corrected chi connectivity index (χ1v) is 7.91. The molecular weight excluding hydrogens is 291 g/mol. The largest absolute Gasteiger partial charge is 0.332 e. The van der Waals surface area contributed by atoms with Gasteiger partial charge in [0.1, 0.15) is 11.9 Å². The van der Waals surface area contributed by atoms with E-state index >= 15 is 0 Å². The summed E-state index contributed by atoms with van der Waals surface area (Å²) < 4.78 is 13.8. The number of nitrogens with two attached hydrogens (primary N) is 1. The molecule has 0 unspecified atom stereocenters. The van der Waals surface area contributed by atoms with E-state index in [0.29, 0.717) is 5.92 Å². The maximum absolute atomic E-state index is 13.8. The van der Waals surface area contributed by atoms with Crippen LogP contribution >= 0.6 is 0 Å². The number of halogens is 1. The number of hydrogen-bond donors (Lipinski definition) is 2. The maximum atomic E-state index is 13.8. The van der Waals surface area contributed by atoms with E-state index in [9.17, 15) is 9.18 Å². The summed E-state index contributed by atoms with van der Waals surface area (Å²) in [6.45, 7) is 6.33. The molecule has 3 nitrogen and oxygen atoms in total. The van der Waals surface area contributed by atoms with Gasteiger partial charge >= 0.3 is 0 Å². The highest BCUT2D eigenvalue weighted by atomic mass is 19.1. The number of amides is 1. The Balaban J connectivity index is 1.97. The fourth-order valence-corrected chi connectivity index (χ4v) is 2.63. The normalized spacial score (nSPS) is 12.2. The van der Waals surface area contributed by atoms with Crippen molar-refractivity contribution in [2.45, 2.75) is 26.8 Å². The Labute approximate surface area is 136 Å². The van der Waals surface area contributed by atoms with Crippen molar-refractivity contribution in [3.63, 3.8) is 0 Å². The van der Waals surface area contributed by atoms with E-state index in [0.717, 1.165) is 5.56 Å². The van der Waals surface area contributed by atoms with Gasteiger partial charge in [0.25, 0.3) is 5.91 Å². The van der Waals surface area contributed by atoms with Gasteiger partial charge in [-0.2, -0.15) is 0 Å². The zero-order valence-corrected chi connectivity index (χ0v) is 13.8. The molecule has 0 spiro atoms. The smallest absolute Gasteiger partial charge is 0.279 e. The van der Waals surface area contributed by atoms with Gasteiger partial charge in [0.05, 0.1) is 5.69 Å². The molecule has 0 aliphatic rings. The Morgan fingerprint density at radius 2 is 1.87 bits per heavy atom. The third-order valence-corrected chi connectivity index (χ3v) is 3.86. The predicted octanol–water partition coefficient (Wildman–Crippen LogP) is 3.03. The first-order chi connectivity index (χ1) is 11.0. The highest BCUT2D eigenvalue weighted by Crippen LogP contribution is 2.17. The molecule has 0 saturated heterocycles. The van der Waals surface area contributed by atoms with Crippen LogP contribution in [0.2, 0.25) is 0 Å². The predicted molar refractivity (Wildman–Crippen MR) is 90.6 cm³/mol. The van der Waals surface area contributed by atoms with E-state index in [1.54, 1.807) is 12.1 Å². The average Bonchev–Trinajstić information content (AvgIpc) is 2.51. The number of rotatable bonds is 6. The Hall–Kier alpha value is -2.20. The number of aryl methyl sites for hydroxylation is 1. The monoisotopic (exact) mass is 315 g/mol. The Bertz CT molecular complexity index is 656. The van der Waals surface area contributed by atoms with E-state index in [1.165, 1.54) is 11.6 Å². The summed E-state index contributed by atoms with van der Waals surface area (Å²) in [4.78, 5) is 12.1. The SMILES string of the molecule is Cc1ccc(NC(=O)C[NH2+][C@H](c2ccccc2)C(C)C)c(F)c1. The van der Waals surface area contributed by atoms with Crippen molar-refractivity contribution in [1.82, 2.24) is 0 Å². The van der Waals surface area contributed by atoms with Crippen LogP contribution in [-0.4, -0.2) is 12.5 Å². The van der Waals surface area contributed by atoms with Crippen molar-refractivity contribution in [3.8, 4) is 0 Å². The zero-order chi connectivity index (χ0) is 16.8. The highest BCUT2D eigenvalue weighted by Gasteiger charge is 2.20. The number of carbonyl (C=O) groups excluding carboxylic acids is 1. The molecule has 3 N–H and O–H groups in total. The van der Waals surface area contributed by atoms with Crippen LogP contribution < -0.4 is 10.6 Å². The van der Waals surface area contributed by atoms with Crippen molar-refractivity contribution in [3.05, 3.63) is 65.5 Å². The fraction of sp³-hybridized carbons (Fsp3) is 0.316. The second-order valence-corrected chi connectivity index (χ2v) is 6.15. The van der Waals surface area contributed by atoms with E-state index in [-0.39, 0.29) is 24.2 Å². The van der Waals surface area contributed by atoms with Gasteiger partial charge in [-0.05, 0) is 24.6 Å². The van der Waals surface area contributed by atoms with Crippen LogP contribution in [0, 0.1) is 18.7 Å². The van der Waals surface area contributed by atoms with Crippen molar-refractivity contribution >= 4 is 11.6 Å². The molecule has 0 aromatic heterocycles. The Morgan fingerprint density at radius 1 is 1.17 bits per heavy atom. The minimum Gasteiger partial charge on any atom is -0.332 e. The molecule has 2 aromatic rings. The third-order valence-electron chi connectivity index (χ3n) is 3.86. The first kappa shape index (κ1) is 17.2. The van der Waals surface area contributed by atoms with Gasteiger partial charge in [-0.15, -0.1) is 0 Å². The lowest BCUT2D eigenvalue weighted by Crippen LogP contribution is -2.88. The lowest BCUT2D eigenvalue weighted by molar-refractivity contribution is -0.692. The van der Waals surface area contributed by atoms with E-state index < -0.39 is 5.82 Å². The second kappa shape index (κ2) is 7.88. The molecule has 0 saturated carbocycles. The van der Waals surface area contributed by atoms with Crippen LogP contribution in [0.1, 0.15) is 31.0 Å². The van der Waals surface area contributed by atoms with Crippen molar-refractivity contribution in [1.29, 1.82) is 0 Å². The van der Waals surface area contributed by atoms with Gasteiger partial charge in [-0.3, -0.25) is 4.79 Å². The summed E-state index contributed by atoms with van der Waals surface area (Å²) in [6, 6.07) is 15.1. The van der Waals surface area contributed by atoms with E-state index in [1.807, 2.05) is 30.4 Å². The van der Waals surface area contributed by atoms with Crippen molar-refractivity contribution in [2.75, 3.05) is 11.9 Å². The number of anilines is 1. The van der Waals surface area contributed by atoms with Crippen molar-refractivity contribution in [2.24, 2.45) is 5.92 Å². The molecule has 0 fully saturated rings. The van der Waals surface area contributed by atoms with Crippen LogP contribution in [0.25, 0.3) is 0 Å². The van der Waals surface area contributed by atoms with Gasteiger partial charge in [0.15, 0.2) is 6.54 Å². The average molecular weight is 315 g/mol. The number of hydrogen-bond acceptors (Lipinski definition) is 1. The summed E-state index contributed by atoms with van der Waals surface area (Å²) in [5.74, 6) is -0.211.